The van der Waals surface area contributed by atoms with Crippen molar-refractivity contribution in [2.75, 3.05) is 13.1 Å². The highest BCUT2D eigenvalue weighted by molar-refractivity contribution is 5.86. The van der Waals surface area contributed by atoms with Crippen molar-refractivity contribution in [1.82, 2.24) is 10.2 Å². The highest BCUT2D eigenvalue weighted by Gasteiger charge is 2.34. The van der Waals surface area contributed by atoms with Crippen LogP contribution >= 0.6 is 0 Å². The molecule has 2 atom stereocenters. The Balaban J connectivity index is 1.97. The zero-order chi connectivity index (χ0) is 18.2. The predicted octanol–water partition coefficient (Wildman–Crippen LogP) is 1.86. The summed E-state index contributed by atoms with van der Waals surface area (Å²) in [5.41, 5.74) is 0.841. The molecule has 2 amide bonds. The maximum absolute atomic E-state index is 12.6. The molecular formula is C18H24N2O5. The summed E-state index contributed by atoms with van der Waals surface area (Å²) in [6.45, 7) is 4.23. The lowest BCUT2D eigenvalue weighted by Crippen LogP contribution is -2.54. The topological polar surface area (TPSA) is 84.9 Å². The second kappa shape index (κ2) is 9.05. The molecule has 1 heterocycles. The van der Waals surface area contributed by atoms with Gasteiger partial charge in [-0.05, 0) is 25.3 Å². The SMILES string of the molecule is CC(=O)O[C@H](C)[C@@H](NC(=O)OCc1ccccc1)C(=O)N1CCCC1. The zero-order valence-electron chi connectivity index (χ0n) is 14.6. The minimum absolute atomic E-state index is 0.0965. The quantitative estimate of drug-likeness (QED) is 0.793. The van der Waals surface area contributed by atoms with Gasteiger partial charge in [-0.3, -0.25) is 9.59 Å². The second-order valence-corrected chi connectivity index (χ2v) is 6.03. The summed E-state index contributed by atoms with van der Waals surface area (Å²) in [6, 6.07) is 8.27. The van der Waals surface area contributed by atoms with Gasteiger partial charge >= 0.3 is 12.1 Å². The number of hydrogen-bond acceptors (Lipinski definition) is 5. The average molecular weight is 348 g/mol. The van der Waals surface area contributed by atoms with Crippen molar-refractivity contribution in [2.45, 2.75) is 45.4 Å². The van der Waals surface area contributed by atoms with E-state index >= 15 is 0 Å². The van der Waals surface area contributed by atoms with Gasteiger partial charge in [-0.2, -0.15) is 0 Å². The van der Waals surface area contributed by atoms with Crippen molar-refractivity contribution in [1.29, 1.82) is 0 Å². The lowest BCUT2D eigenvalue weighted by molar-refractivity contribution is -0.150. The molecule has 1 aliphatic heterocycles. The molecule has 1 aromatic carbocycles. The third kappa shape index (κ3) is 5.77. The monoisotopic (exact) mass is 348 g/mol. The van der Waals surface area contributed by atoms with Gasteiger partial charge in [0, 0.05) is 20.0 Å². The summed E-state index contributed by atoms with van der Waals surface area (Å²) < 4.78 is 10.3. The molecule has 0 radical (unpaired) electrons. The van der Waals surface area contributed by atoms with E-state index < -0.39 is 24.2 Å². The van der Waals surface area contributed by atoms with Gasteiger partial charge in [0.2, 0.25) is 5.91 Å². The molecule has 1 N–H and O–H groups in total. The number of nitrogens with zero attached hydrogens (tertiary/aromatic N) is 1. The van der Waals surface area contributed by atoms with Crippen LogP contribution in [0.15, 0.2) is 30.3 Å². The number of rotatable bonds is 6. The predicted molar refractivity (Wildman–Crippen MR) is 90.6 cm³/mol. The van der Waals surface area contributed by atoms with Gasteiger partial charge in [-0.25, -0.2) is 4.79 Å². The van der Waals surface area contributed by atoms with Crippen LogP contribution in [0.1, 0.15) is 32.3 Å². The minimum atomic E-state index is -0.967. The van der Waals surface area contributed by atoms with Crippen molar-refractivity contribution in [2.24, 2.45) is 0 Å². The Morgan fingerprint density at radius 2 is 1.80 bits per heavy atom. The Labute approximate surface area is 147 Å². The van der Waals surface area contributed by atoms with Gasteiger partial charge in [-0.15, -0.1) is 0 Å². The minimum Gasteiger partial charge on any atom is -0.460 e. The Bertz CT molecular complexity index is 599. The van der Waals surface area contributed by atoms with Crippen LogP contribution in [0.2, 0.25) is 0 Å². The number of carbonyl (C=O) groups excluding carboxylic acids is 3. The molecule has 1 aromatic rings. The zero-order valence-corrected chi connectivity index (χ0v) is 14.6. The normalized spacial score (nSPS) is 16.0. The summed E-state index contributed by atoms with van der Waals surface area (Å²) in [5, 5.41) is 2.54. The maximum Gasteiger partial charge on any atom is 0.408 e. The third-order valence-corrected chi connectivity index (χ3v) is 3.99. The Hall–Kier alpha value is -2.57. The molecule has 1 saturated heterocycles. The largest absolute Gasteiger partial charge is 0.460 e. The summed E-state index contributed by atoms with van der Waals surface area (Å²) in [7, 11) is 0. The fraction of sp³-hybridized carbons (Fsp3) is 0.500. The molecule has 0 aromatic heterocycles. The van der Waals surface area contributed by atoms with Gasteiger partial charge < -0.3 is 19.7 Å². The molecule has 2 rings (SSSR count). The average Bonchev–Trinajstić information content (AvgIpc) is 3.12. The van der Waals surface area contributed by atoms with Gasteiger partial charge in [0.25, 0.3) is 0 Å². The first kappa shape index (κ1) is 18.8. The highest BCUT2D eigenvalue weighted by atomic mass is 16.6. The number of hydrogen-bond donors (Lipinski definition) is 1. The molecule has 0 aliphatic carbocycles. The number of carbonyl (C=O) groups is 3. The van der Waals surface area contributed by atoms with E-state index in [4.69, 9.17) is 9.47 Å². The first-order chi connectivity index (χ1) is 12.0. The van der Waals surface area contributed by atoms with Crippen molar-refractivity contribution in [3.05, 3.63) is 35.9 Å². The van der Waals surface area contributed by atoms with E-state index in [0.29, 0.717) is 13.1 Å². The van der Waals surface area contributed by atoms with E-state index in [1.165, 1.54) is 6.92 Å². The fourth-order valence-corrected chi connectivity index (χ4v) is 2.74. The summed E-state index contributed by atoms with van der Waals surface area (Å²) in [5.74, 6) is -0.769. The Morgan fingerprint density at radius 1 is 1.16 bits per heavy atom. The molecule has 0 spiro atoms. The van der Waals surface area contributed by atoms with E-state index in [1.54, 1.807) is 11.8 Å². The number of likely N-dealkylation sites (tertiary alicyclic amines) is 1. The first-order valence-corrected chi connectivity index (χ1v) is 8.40. The van der Waals surface area contributed by atoms with E-state index in [-0.39, 0.29) is 12.5 Å². The number of benzene rings is 1. The summed E-state index contributed by atoms with van der Waals surface area (Å²) in [4.78, 5) is 37.6. The maximum atomic E-state index is 12.6. The van der Waals surface area contributed by atoms with Gasteiger partial charge in [0.1, 0.15) is 18.8 Å². The van der Waals surface area contributed by atoms with Crippen molar-refractivity contribution >= 4 is 18.0 Å². The molecule has 25 heavy (non-hydrogen) atoms. The second-order valence-electron chi connectivity index (χ2n) is 6.03. The van der Waals surface area contributed by atoms with E-state index in [9.17, 15) is 14.4 Å². The van der Waals surface area contributed by atoms with Crippen LogP contribution in [0.25, 0.3) is 0 Å². The van der Waals surface area contributed by atoms with Crippen molar-refractivity contribution in [3.63, 3.8) is 0 Å². The molecule has 1 fully saturated rings. The summed E-state index contributed by atoms with van der Waals surface area (Å²) >= 11 is 0. The summed E-state index contributed by atoms with van der Waals surface area (Å²) in [6.07, 6.45) is 0.354. The first-order valence-electron chi connectivity index (χ1n) is 8.40. The van der Waals surface area contributed by atoms with Crippen molar-refractivity contribution in [3.8, 4) is 0 Å². The number of esters is 1. The van der Waals surface area contributed by atoms with Crippen LogP contribution in [0.3, 0.4) is 0 Å². The van der Waals surface area contributed by atoms with E-state index in [1.807, 2.05) is 30.3 Å². The molecular weight excluding hydrogens is 324 g/mol. The lowest BCUT2D eigenvalue weighted by atomic mass is 10.1. The van der Waals surface area contributed by atoms with Gasteiger partial charge in [0.15, 0.2) is 0 Å². The highest BCUT2D eigenvalue weighted by Crippen LogP contribution is 2.12. The molecule has 1 aliphatic rings. The molecule has 7 nitrogen and oxygen atoms in total. The number of amides is 2. The van der Waals surface area contributed by atoms with Crippen LogP contribution in [0.5, 0.6) is 0 Å². The van der Waals surface area contributed by atoms with Crippen LogP contribution in [-0.2, 0) is 25.7 Å². The van der Waals surface area contributed by atoms with E-state index in [0.717, 1.165) is 18.4 Å². The number of alkyl carbamates (subject to hydrolysis) is 1. The molecule has 0 unspecified atom stereocenters. The number of ether oxygens (including phenoxy) is 2. The van der Waals surface area contributed by atoms with Gasteiger partial charge in [0.05, 0.1) is 0 Å². The van der Waals surface area contributed by atoms with Crippen LogP contribution in [0.4, 0.5) is 4.79 Å². The van der Waals surface area contributed by atoms with Gasteiger partial charge in [-0.1, -0.05) is 30.3 Å². The van der Waals surface area contributed by atoms with Crippen LogP contribution in [-0.4, -0.2) is 48.1 Å². The lowest BCUT2D eigenvalue weighted by Gasteiger charge is -2.27. The van der Waals surface area contributed by atoms with E-state index in [2.05, 4.69) is 5.32 Å². The standard InChI is InChI=1S/C18H24N2O5/c1-13(25-14(2)21)16(17(22)20-10-6-7-11-20)19-18(23)24-12-15-8-4-3-5-9-15/h3-5,8-9,13,16H,6-7,10-12H2,1-2H3,(H,19,23)/t13-,16-/m1/s1. The third-order valence-electron chi connectivity index (χ3n) is 3.99. The molecule has 0 bridgehead atoms. The molecule has 7 heteroatoms. The van der Waals surface area contributed by atoms with Crippen LogP contribution in [0, 0.1) is 0 Å². The fourth-order valence-electron chi connectivity index (χ4n) is 2.74. The number of nitrogens with one attached hydrogen (secondary N) is 1. The smallest absolute Gasteiger partial charge is 0.408 e. The molecule has 136 valence electrons. The van der Waals surface area contributed by atoms with Crippen molar-refractivity contribution < 1.29 is 23.9 Å². The Kier molecular flexibility index (Phi) is 6.80. The molecule has 0 saturated carbocycles. The Morgan fingerprint density at radius 3 is 2.40 bits per heavy atom. The van der Waals surface area contributed by atoms with Crippen LogP contribution < -0.4 is 5.32 Å².